The predicted molar refractivity (Wildman–Crippen MR) is 145 cm³/mol. The first-order valence-electron chi connectivity index (χ1n) is 13.5. The Labute approximate surface area is 213 Å². The summed E-state index contributed by atoms with van der Waals surface area (Å²) >= 11 is 1.68. The molecule has 34 heavy (non-hydrogen) atoms. The fourth-order valence-electron chi connectivity index (χ4n) is 4.49. The molecule has 0 aromatic heterocycles. The van der Waals surface area contributed by atoms with Crippen molar-refractivity contribution in [3.8, 4) is 0 Å². The number of amides is 1. The van der Waals surface area contributed by atoms with Crippen LogP contribution in [-0.2, 0) is 14.3 Å². The van der Waals surface area contributed by atoms with Crippen LogP contribution in [0.3, 0.4) is 0 Å². The zero-order valence-electron chi connectivity index (χ0n) is 23.0. The van der Waals surface area contributed by atoms with E-state index >= 15 is 0 Å². The van der Waals surface area contributed by atoms with Crippen LogP contribution in [0.25, 0.3) is 0 Å². The van der Waals surface area contributed by atoms with Gasteiger partial charge in [-0.25, -0.2) is 0 Å². The second kappa shape index (κ2) is 15.8. The molecule has 1 saturated carbocycles. The number of ether oxygens (including phenoxy) is 1. The summed E-state index contributed by atoms with van der Waals surface area (Å²) < 4.78 is 4.47. The number of nitrogens with zero attached hydrogens (tertiary/aromatic N) is 2. The normalized spacial score (nSPS) is 22.8. The minimum Gasteiger partial charge on any atom is -0.460 e. The number of unbranched alkanes of at least 4 members (excludes halogenated alkanes) is 1. The van der Waals surface area contributed by atoms with Crippen LogP contribution in [0.5, 0.6) is 0 Å². The van der Waals surface area contributed by atoms with Gasteiger partial charge in [-0.3, -0.25) is 14.6 Å². The SMILES string of the molecule is CC(=O)OC(C)(C)C.CCCN(CCC)CCCCC1(C)SC(=NC2CCCCCC2)NC1=O. The predicted octanol–water partition coefficient (Wildman–Crippen LogP) is 6.33. The quantitative estimate of drug-likeness (QED) is 0.217. The van der Waals surface area contributed by atoms with E-state index in [1.807, 2.05) is 20.8 Å². The maximum absolute atomic E-state index is 12.5. The first-order valence-corrected chi connectivity index (χ1v) is 14.3. The smallest absolute Gasteiger partial charge is 0.303 e. The molecule has 2 fully saturated rings. The lowest BCUT2D eigenvalue weighted by Gasteiger charge is -2.22. The van der Waals surface area contributed by atoms with Crippen molar-refractivity contribution in [2.75, 3.05) is 19.6 Å². The van der Waals surface area contributed by atoms with Gasteiger partial charge in [0.25, 0.3) is 0 Å². The number of hydrogen-bond acceptors (Lipinski definition) is 6. The maximum Gasteiger partial charge on any atom is 0.303 e. The van der Waals surface area contributed by atoms with E-state index in [1.165, 1.54) is 77.8 Å². The van der Waals surface area contributed by atoms with Gasteiger partial charge in [0.1, 0.15) is 5.60 Å². The lowest BCUT2D eigenvalue weighted by atomic mass is 10.0. The Morgan fingerprint density at radius 1 is 1.09 bits per heavy atom. The number of esters is 1. The van der Waals surface area contributed by atoms with Gasteiger partial charge in [-0.1, -0.05) is 57.7 Å². The van der Waals surface area contributed by atoms with Gasteiger partial charge in [-0.05, 0) is 85.9 Å². The van der Waals surface area contributed by atoms with E-state index < -0.39 is 0 Å². The van der Waals surface area contributed by atoms with Crippen LogP contribution in [0, 0.1) is 0 Å². The molecule has 1 heterocycles. The summed E-state index contributed by atoms with van der Waals surface area (Å²) in [6.07, 6.45) is 13.3. The number of aliphatic imine (C=N–C) groups is 1. The Hall–Kier alpha value is -1.08. The molecule has 1 unspecified atom stereocenters. The molecule has 0 aromatic carbocycles. The number of carbonyl (C=O) groups is 2. The van der Waals surface area contributed by atoms with Crippen LogP contribution in [0.2, 0.25) is 0 Å². The average molecular weight is 498 g/mol. The molecule has 0 radical (unpaired) electrons. The minimum atomic E-state index is -0.329. The summed E-state index contributed by atoms with van der Waals surface area (Å²) in [5, 5.41) is 3.94. The molecular weight excluding hydrogens is 446 g/mol. The van der Waals surface area contributed by atoms with E-state index in [0.717, 1.165) is 24.6 Å². The fraction of sp³-hybridized carbons (Fsp3) is 0.889. The highest BCUT2D eigenvalue weighted by Crippen LogP contribution is 2.37. The highest BCUT2D eigenvalue weighted by atomic mass is 32.2. The Morgan fingerprint density at radius 2 is 1.68 bits per heavy atom. The first-order chi connectivity index (χ1) is 16.0. The number of rotatable bonds is 10. The number of nitrogens with one attached hydrogen (secondary N) is 1. The Kier molecular flexibility index (Phi) is 14.4. The van der Waals surface area contributed by atoms with E-state index in [1.54, 1.807) is 11.8 Å². The molecule has 0 spiro atoms. The maximum atomic E-state index is 12.5. The summed E-state index contributed by atoms with van der Waals surface area (Å²) in [6, 6.07) is 0.416. The topological polar surface area (TPSA) is 71.0 Å². The lowest BCUT2D eigenvalue weighted by molar-refractivity contribution is -0.151. The van der Waals surface area contributed by atoms with Gasteiger partial charge in [-0.2, -0.15) is 0 Å². The molecule has 0 bridgehead atoms. The van der Waals surface area contributed by atoms with Crippen molar-refractivity contribution in [1.29, 1.82) is 0 Å². The summed E-state index contributed by atoms with van der Waals surface area (Å²) in [4.78, 5) is 30.2. The molecule has 2 rings (SSSR count). The first kappa shape index (κ1) is 31.0. The third-order valence-electron chi connectivity index (χ3n) is 6.06. The number of carbonyl (C=O) groups excluding carboxylic acids is 2. The molecule has 1 amide bonds. The van der Waals surface area contributed by atoms with E-state index in [-0.39, 0.29) is 22.2 Å². The Balaban J connectivity index is 0.000000620. The molecule has 7 heteroatoms. The Morgan fingerprint density at radius 3 is 2.15 bits per heavy atom. The lowest BCUT2D eigenvalue weighted by Crippen LogP contribution is -2.34. The van der Waals surface area contributed by atoms with Crippen molar-refractivity contribution in [3.05, 3.63) is 0 Å². The minimum absolute atomic E-state index is 0.161. The van der Waals surface area contributed by atoms with Crippen LogP contribution in [0.1, 0.15) is 119 Å². The van der Waals surface area contributed by atoms with E-state index in [2.05, 4.69) is 31.0 Å². The van der Waals surface area contributed by atoms with E-state index in [4.69, 9.17) is 9.73 Å². The Bertz CT molecular complexity index is 634. The summed E-state index contributed by atoms with van der Waals surface area (Å²) in [7, 11) is 0. The van der Waals surface area contributed by atoms with Crippen LogP contribution < -0.4 is 5.32 Å². The van der Waals surface area contributed by atoms with Crippen LogP contribution in [0.15, 0.2) is 4.99 Å². The molecule has 0 aromatic rings. The van der Waals surface area contributed by atoms with Gasteiger partial charge < -0.3 is 15.0 Å². The molecule has 1 aliphatic heterocycles. The molecule has 6 nitrogen and oxygen atoms in total. The number of amidine groups is 1. The van der Waals surface area contributed by atoms with Crippen molar-refractivity contribution in [2.45, 2.75) is 135 Å². The van der Waals surface area contributed by atoms with Crippen LogP contribution >= 0.6 is 11.8 Å². The fourth-order valence-corrected chi connectivity index (χ4v) is 5.65. The molecular formula is C27H51N3O3S. The van der Waals surface area contributed by atoms with Crippen molar-refractivity contribution < 1.29 is 14.3 Å². The van der Waals surface area contributed by atoms with Crippen molar-refractivity contribution >= 4 is 28.8 Å². The monoisotopic (exact) mass is 497 g/mol. The molecule has 1 saturated heterocycles. The molecule has 1 atom stereocenters. The van der Waals surface area contributed by atoms with Crippen LogP contribution in [-0.4, -0.2) is 58.0 Å². The molecule has 198 valence electrons. The summed E-state index contributed by atoms with van der Waals surface area (Å²) in [5.74, 6) is -0.0636. The second-order valence-corrected chi connectivity index (χ2v) is 12.4. The number of thioether (sulfide) groups is 1. The highest BCUT2D eigenvalue weighted by molar-refractivity contribution is 8.16. The second-order valence-electron chi connectivity index (χ2n) is 10.9. The largest absolute Gasteiger partial charge is 0.460 e. The molecule has 2 aliphatic rings. The zero-order valence-corrected chi connectivity index (χ0v) is 23.8. The molecule has 1 N–H and O–H groups in total. The van der Waals surface area contributed by atoms with Crippen molar-refractivity contribution in [2.24, 2.45) is 4.99 Å². The zero-order chi connectivity index (χ0) is 25.6. The van der Waals surface area contributed by atoms with Gasteiger partial charge >= 0.3 is 5.97 Å². The average Bonchev–Trinajstić information content (AvgIpc) is 2.87. The summed E-state index contributed by atoms with van der Waals surface area (Å²) in [6.45, 7) is 17.1. The van der Waals surface area contributed by atoms with E-state index in [9.17, 15) is 9.59 Å². The van der Waals surface area contributed by atoms with Crippen molar-refractivity contribution in [3.63, 3.8) is 0 Å². The van der Waals surface area contributed by atoms with Gasteiger partial charge in [0.15, 0.2) is 5.17 Å². The standard InChI is InChI=1S/C21H39N3OS.C6H12O2/c1-4-15-24(16-5-2)17-11-10-14-21(3)19(25)23-20(26-21)22-18-12-8-6-7-9-13-18;1-5(7)8-6(2,3)4/h18H,4-17H2,1-3H3,(H,22,23,25);1-4H3. The van der Waals surface area contributed by atoms with Crippen molar-refractivity contribution in [1.82, 2.24) is 10.2 Å². The van der Waals surface area contributed by atoms with E-state index in [0.29, 0.717) is 6.04 Å². The van der Waals surface area contributed by atoms with Crippen LogP contribution in [0.4, 0.5) is 0 Å². The number of hydrogen-bond donors (Lipinski definition) is 1. The van der Waals surface area contributed by atoms with Gasteiger partial charge in [0.2, 0.25) is 5.91 Å². The third-order valence-corrected chi connectivity index (χ3v) is 7.30. The molecule has 1 aliphatic carbocycles. The highest BCUT2D eigenvalue weighted by Gasteiger charge is 2.42. The van der Waals surface area contributed by atoms with Gasteiger partial charge in [0, 0.05) is 6.92 Å². The van der Waals surface area contributed by atoms with Gasteiger partial charge in [0.05, 0.1) is 10.8 Å². The third kappa shape index (κ3) is 13.1. The van der Waals surface area contributed by atoms with Gasteiger partial charge in [-0.15, -0.1) is 0 Å². The summed E-state index contributed by atoms with van der Waals surface area (Å²) in [5.41, 5.74) is -0.328.